The highest BCUT2D eigenvalue weighted by Crippen LogP contribution is 2.16. The van der Waals surface area contributed by atoms with Gasteiger partial charge in [0.15, 0.2) is 0 Å². The number of methoxy groups -OCH3 is 1. The van der Waals surface area contributed by atoms with E-state index < -0.39 is 0 Å². The van der Waals surface area contributed by atoms with E-state index in [-0.39, 0.29) is 12.0 Å². The van der Waals surface area contributed by atoms with Crippen molar-refractivity contribution >= 4 is 5.91 Å². The summed E-state index contributed by atoms with van der Waals surface area (Å²) in [6.07, 6.45) is 3.84. The number of carbonyl (C=O) groups is 1. The van der Waals surface area contributed by atoms with E-state index in [0.29, 0.717) is 32.7 Å². The van der Waals surface area contributed by atoms with Gasteiger partial charge in [-0.1, -0.05) is 0 Å². The lowest BCUT2D eigenvalue weighted by Gasteiger charge is -2.26. The van der Waals surface area contributed by atoms with E-state index in [1.807, 2.05) is 0 Å². The monoisotopic (exact) mass is 244 g/mol. The van der Waals surface area contributed by atoms with Crippen LogP contribution in [0, 0.1) is 0 Å². The molecule has 0 aromatic heterocycles. The third-order valence-corrected chi connectivity index (χ3v) is 2.99. The van der Waals surface area contributed by atoms with Crippen LogP contribution < -0.4 is 5.73 Å². The summed E-state index contributed by atoms with van der Waals surface area (Å²) in [6, 6.07) is 0. The summed E-state index contributed by atoms with van der Waals surface area (Å²) in [4.78, 5) is 13.8. The second kappa shape index (κ2) is 8.44. The first-order valence-electron chi connectivity index (χ1n) is 6.36. The molecule has 0 saturated carbocycles. The molecule has 0 bridgehead atoms. The molecule has 1 atom stereocenters. The highest BCUT2D eigenvalue weighted by molar-refractivity contribution is 5.76. The summed E-state index contributed by atoms with van der Waals surface area (Å²) >= 11 is 0. The van der Waals surface area contributed by atoms with Crippen LogP contribution in [-0.4, -0.2) is 56.9 Å². The van der Waals surface area contributed by atoms with Gasteiger partial charge in [-0.15, -0.1) is 0 Å². The summed E-state index contributed by atoms with van der Waals surface area (Å²) in [5.74, 6) is 0.124. The Morgan fingerprint density at radius 3 is 2.88 bits per heavy atom. The average Bonchev–Trinajstić information content (AvgIpc) is 2.35. The first-order chi connectivity index (χ1) is 8.27. The van der Waals surface area contributed by atoms with Crippen LogP contribution in [0.25, 0.3) is 0 Å². The molecule has 17 heavy (non-hydrogen) atoms. The van der Waals surface area contributed by atoms with Crippen LogP contribution in [0.15, 0.2) is 0 Å². The Balaban J connectivity index is 2.34. The highest BCUT2D eigenvalue weighted by atomic mass is 16.5. The van der Waals surface area contributed by atoms with Crippen molar-refractivity contribution in [2.24, 2.45) is 5.73 Å². The molecular formula is C12H24N2O3. The van der Waals surface area contributed by atoms with Gasteiger partial charge in [0.05, 0.1) is 19.1 Å². The van der Waals surface area contributed by atoms with Gasteiger partial charge in [0, 0.05) is 33.4 Å². The Kier molecular flexibility index (Phi) is 7.16. The Hall–Kier alpha value is -0.650. The fourth-order valence-corrected chi connectivity index (χ4v) is 2.01. The molecule has 100 valence electrons. The number of carbonyl (C=O) groups excluding carboxylic acids is 1. The third kappa shape index (κ3) is 5.48. The molecule has 5 heteroatoms. The summed E-state index contributed by atoms with van der Waals surface area (Å²) in [7, 11) is 1.63. The normalized spacial score (nSPS) is 20.2. The molecule has 0 spiro atoms. The molecule has 1 unspecified atom stereocenters. The van der Waals surface area contributed by atoms with Crippen molar-refractivity contribution in [3.05, 3.63) is 0 Å². The van der Waals surface area contributed by atoms with Gasteiger partial charge in [-0.2, -0.15) is 0 Å². The van der Waals surface area contributed by atoms with Crippen molar-refractivity contribution in [2.75, 3.05) is 40.0 Å². The van der Waals surface area contributed by atoms with Crippen LogP contribution in [0.5, 0.6) is 0 Å². The molecule has 1 aliphatic heterocycles. The smallest absolute Gasteiger partial charge is 0.225 e. The van der Waals surface area contributed by atoms with Crippen LogP contribution in [0.4, 0.5) is 0 Å². The van der Waals surface area contributed by atoms with E-state index >= 15 is 0 Å². The minimum atomic E-state index is 0.0964. The van der Waals surface area contributed by atoms with Gasteiger partial charge in [-0.05, 0) is 19.3 Å². The second-order valence-electron chi connectivity index (χ2n) is 4.35. The number of hydrogen-bond acceptors (Lipinski definition) is 4. The molecule has 1 saturated heterocycles. The van der Waals surface area contributed by atoms with Crippen LogP contribution in [0.2, 0.25) is 0 Å². The molecule has 2 N–H and O–H groups in total. The lowest BCUT2D eigenvalue weighted by atomic mass is 10.1. The fourth-order valence-electron chi connectivity index (χ4n) is 2.01. The minimum Gasteiger partial charge on any atom is -0.383 e. The lowest BCUT2D eigenvalue weighted by molar-refractivity contribution is -0.135. The van der Waals surface area contributed by atoms with Crippen molar-refractivity contribution in [1.29, 1.82) is 0 Å². The molecule has 1 rings (SSSR count). The first-order valence-corrected chi connectivity index (χ1v) is 6.36. The predicted molar refractivity (Wildman–Crippen MR) is 65.7 cm³/mol. The van der Waals surface area contributed by atoms with E-state index in [0.717, 1.165) is 25.9 Å². The maximum absolute atomic E-state index is 12.0. The maximum atomic E-state index is 12.0. The van der Waals surface area contributed by atoms with Crippen LogP contribution in [-0.2, 0) is 14.3 Å². The maximum Gasteiger partial charge on any atom is 0.225 e. The summed E-state index contributed by atoms with van der Waals surface area (Å²) in [5, 5.41) is 0. The molecule has 0 aromatic rings. The van der Waals surface area contributed by atoms with Gasteiger partial charge in [0.25, 0.3) is 0 Å². The van der Waals surface area contributed by atoms with Crippen molar-refractivity contribution in [1.82, 2.24) is 4.90 Å². The number of ether oxygens (including phenoxy) is 2. The molecule has 1 heterocycles. The Morgan fingerprint density at radius 1 is 1.47 bits per heavy atom. The van der Waals surface area contributed by atoms with E-state index in [1.54, 1.807) is 12.0 Å². The zero-order valence-corrected chi connectivity index (χ0v) is 10.7. The zero-order chi connectivity index (χ0) is 12.5. The lowest BCUT2D eigenvalue weighted by Crippen LogP contribution is -2.39. The standard InChI is InChI=1S/C12H24N2O3/c1-16-9-7-14(6-5-13)12(15)10-11-4-2-3-8-17-11/h11H,2-10,13H2,1H3. The summed E-state index contributed by atoms with van der Waals surface area (Å²) < 4.78 is 10.6. The van der Waals surface area contributed by atoms with E-state index in [4.69, 9.17) is 15.2 Å². The number of hydrogen-bond donors (Lipinski definition) is 1. The van der Waals surface area contributed by atoms with Crippen molar-refractivity contribution < 1.29 is 14.3 Å². The quantitative estimate of drug-likeness (QED) is 0.703. The summed E-state index contributed by atoms with van der Waals surface area (Å²) in [5.41, 5.74) is 5.51. The van der Waals surface area contributed by atoms with Gasteiger partial charge in [0.2, 0.25) is 5.91 Å². The number of nitrogens with zero attached hydrogens (tertiary/aromatic N) is 1. The van der Waals surface area contributed by atoms with Crippen molar-refractivity contribution in [3.8, 4) is 0 Å². The van der Waals surface area contributed by atoms with Gasteiger partial charge in [0.1, 0.15) is 0 Å². The van der Waals surface area contributed by atoms with E-state index in [1.165, 1.54) is 0 Å². The Bertz CT molecular complexity index is 218. The third-order valence-electron chi connectivity index (χ3n) is 2.99. The molecule has 0 aromatic carbocycles. The number of amides is 1. The molecule has 0 aliphatic carbocycles. The average molecular weight is 244 g/mol. The number of rotatable bonds is 7. The Morgan fingerprint density at radius 2 is 2.29 bits per heavy atom. The Labute approximate surface area is 103 Å². The van der Waals surface area contributed by atoms with Crippen LogP contribution in [0.3, 0.4) is 0 Å². The van der Waals surface area contributed by atoms with Crippen LogP contribution in [0.1, 0.15) is 25.7 Å². The highest BCUT2D eigenvalue weighted by Gasteiger charge is 2.21. The van der Waals surface area contributed by atoms with Crippen molar-refractivity contribution in [3.63, 3.8) is 0 Å². The first kappa shape index (κ1) is 14.4. The minimum absolute atomic E-state index is 0.0964. The molecule has 5 nitrogen and oxygen atoms in total. The summed E-state index contributed by atoms with van der Waals surface area (Å²) in [6.45, 7) is 3.03. The van der Waals surface area contributed by atoms with Crippen LogP contribution >= 0.6 is 0 Å². The molecule has 1 amide bonds. The topological polar surface area (TPSA) is 64.8 Å². The van der Waals surface area contributed by atoms with E-state index in [2.05, 4.69) is 0 Å². The van der Waals surface area contributed by atoms with E-state index in [9.17, 15) is 4.79 Å². The van der Waals surface area contributed by atoms with Gasteiger partial charge in [-0.25, -0.2) is 0 Å². The van der Waals surface area contributed by atoms with Gasteiger partial charge in [-0.3, -0.25) is 4.79 Å². The SMILES string of the molecule is COCCN(CCN)C(=O)CC1CCCCO1. The fraction of sp³-hybridized carbons (Fsp3) is 0.917. The number of nitrogens with two attached hydrogens (primary N) is 1. The molecule has 1 aliphatic rings. The molecule has 1 fully saturated rings. The van der Waals surface area contributed by atoms with Gasteiger partial charge >= 0.3 is 0 Å². The zero-order valence-electron chi connectivity index (χ0n) is 10.7. The molecular weight excluding hydrogens is 220 g/mol. The largest absolute Gasteiger partial charge is 0.383 e. The predicted octanol–water partition coefficient (Wildman–Crippen LogP) is 0.379. The molecule has 0 radical (unpaired) electrons. The second-order valence-corrected chi connectivity index (χ2v) is 4.35. The van der Waals surface area contributed by atoms with Crippen molar-refractivity contribution in [2.45, 2.75) is 31.8 Å². The van der Waals surface area contributed by atoms with Gasteiger partial charge < -0.3 is 20.1 Å².